The first kappa shape index (κ1) is 15.5. The van der Waals surface area contributed by atoms with Crippen LogP contribution in [-0.4, -0.2) is 16.7 Å². The summed E-state index contributed by atoms with van der Waals surface area (Å²) < 4.78 is 19.1. The molecule has 1 aliphatic rings. The average Bonchev–Trinajstić information content (AvgIpc) is 2.39. The van der Waals surface area contributed by atoms with Gasteiger partial charge < -0.3 is 9.84 Å². The molecule has 21 heavy (non-hydrogen) atoms. The maximum atomic E-state index is 13.6. The minimum Gasteiger partial charge on any atom is -0.512 e. The van der Waals surface area contributed by atoms with Gasteiger partial charge in [-0.05, 0) is 42.9 Å². The van der Waals surface area contributed by atoms with E-state index in [-0.39, 0.29) is 17.5 Å². The molecule has 0 unspecified atom stereocenters. The third-order valence-electron chi connectivity index (χ3n) is 4.32. The van der Waals surface area contributed by atoms with E-state index in [0.29, 0.717) is 24.8 Å². The van der Waals surface area contributed by atoms with Crippen molar-refractivity contribution in [2.24, 2.45) is 5.92 Å². The summed E-state index contributed by atoms with van der Waals surface area (Å²) in [5, 5.41) is 9.76. The van der Waals surface area contributed by atoms with Crippen molar-refractivity contribution in [3.63, 3.8) is 0 Å². The Morgan fingerprint density at radius 3 is 2.76 bits per heavy atom. The third kappa shape index (κ3) is 3.26. The van der Waals surface area contributed by atoms with E-state index >= 15 is 0 Å². The number of ether oxygens (including phenoxy) is 1. The van der Waals surface area contributed by atoms with E-state index in [1.807, 2.05) is 19.9 Å². The summed E-state index contributed by atoms with van der Waals surface area (Å²) >= 11 is 0. The van der Waals surface area contributed by atoms with Gasteiger partial charge >= 0.3 is 5.97 Å². The van der Waals surface area contributed by atoms with E-state index in [4.69, 9.17) is 4.74 Å². The Labute approximate surface area is 124 Å². The molecule has 2 rings (SSSR count). The van der Waals surface area contributed by atoms with Crippen molar-refractivity contribution in [1.29, 1.82) is 0 Å². The Hall–Kier alpha value is -1.84. The lowest BCUT2D eigenvalue weighted by atomic mass is 9.79. The second-order valence-corrected chi connectivity index (χ2v) is 5.98. The number of carbonyl (C=O) groups excluding carboxylic acids is 1. The van der Waals surface area contributed by atoms with Gasteiger partial charge in [0.25, 0.3) is 0 Å². The number of hydrogen-bond acceptors (Lipinski definition) is 3. The summed E-state index contributed by atoms with van der Waals surface area (Å²) in [5.41, 5.74) is 0.799. The minimum atomic E-state index is -0.728. The number of esters is 1. The highest BCUT2D eigenvalue weighted by molar-refractivity contribution is 5.83. The monoisotopic (exact) mass is 292 g/mol. The molecule has 0 radical (unpaired) electrons. The molecule has 1 aromatic carbocycles. The van der Waals surface area contributed by atoms with Crippen molar-refractivity contribution in [3.8, 4) is 0 Å². The molecule has 0 amide bonds. The Bertz CT molecular complexity index is 577. The lowest BCUT2D eigenvalue weighted by Crippen LogP contribution is -2.43. The van der Waals surface area contributed by atoms with E-state index < -0.39 is 11.6 Å². The lowest BCUT2D eigenvalue weighted by Gasteiger charge is -2.39. The zero-order valence-electron chi connectivity index (χ0n) is 12.6. The third-order valence-corrected chi connectivity index (χ3v) is 4.32. The van der Waals surface area contributed by atoms with E-state index in [1.165, 1.54) is 6.07 Å². The molecule has 1 heterocycles. The van der Waals surface area contributed by atoms with Gasteiger partial charge in [-0.1, -0.05) is 26.0 Å². The quantitative estimate of drug-likeness (QED) is 0.857. The summed E-state index contributed by atoms with van der Waals surface area (Å²) in [5.74, 6) is -0.625. The van der Waals surface area contributed by atoms with Gasteiger partial charge in [0.2, 0.25) is 0 Å². The molecule has 3 nitrogen and oxygen atoms in total. The van der Waals surface area contributed by atoms with Gasteiger partial charge in [-0.25, -0.2) is 9.18 Å². The molecule has 1 atom stereocenters. The zero-order valence-corrected chi connectivity index (χ0v) is 12.6. The van der Waals surface area contributed by atoms with Crippen LogP contribution in [0.25, 0.3) is 0 Å². The van der Waals surface area contributed by atoms with Crippen LogP contribution in [0.15, 0.2) is 30.0 Å². The SMILES string of the molecule is Cc1c(F)cccc1CC[C@@]1(C(C)C)CC(O)=CC(=O)O1. The predicted molar refractivity (Wildman–Crippen MR) is 78.4 cm³/mol. The number of aryl methyl sites for hydroxylation is 1. The fourth-order valence-electron chi connectivity index (χ4n) is 2.78. The highest BCUT2D eigenvalue weighted by atomic mass is 19.1. The zero-order chi connectivity index (χ0) is 15.6. The van der Waals surface area contributed by atoms with Crippen LogP contribution < -0.4 is 0 Å². The van der Waals surface area contributed by atoms with Gasteiger partial charge in [0.1, 0.15) is 17.2 Å². The fraction of sp³-hybridized carbons (Fsp3) is 0.471. The van der Waals surface area contributed by atoms with Gasteiger partial charge in [0, 0.05) is 6.42 Å². The normalized spacial score (nSPS) is 22.1. The number of cyclic esters (lactones) is 1. The lowest BCUT2D eigenvalue weighted by molar-refractivity contribution is -0.163. The van der Waals surface area contributed by atoms with E-state index in [1.54, 1.807) is 13.0 Å². The second-order valence-electron chi connectivity index (χ2n) is 5.98. The molecule has 1 N–H and O–H groups in total. The smallest absolute Gasteiger partial charge is 0.334 e. The van der Waals surface area contributed by atoms with Crippen molar-refractivity contribution in [3.05, 3.63) is 47.0 Å². The summed E-state index contributed by atoms with van der Waals surface area (Å²) in [4.78, 5) is 11.6. The highest BCUT2D eigenvalue weighted by Crippen LogP contribution is 2.36. The van der Waals surface area contributed by atoms with Crippen molar-refractivity contribution < 1.29 is 19.0 Å². The molecule has 0 saturated heterocycles. The highest BCUT2D eigenvalue weighted by Gasteiger charge is 2.41. The summed E-state index contributed by atoms with van der Waals surface area (Å²) in [6.45, 7) is 5.67. The molecule has 114 valence electrons. The van der Waals surface area contributed by atoms with Crippen LogP contribution >= 0.6 is 0 Å². The molecular weight excluding hydrogens is 271 g/mol. The van der Waals surface area contributed by atoms with E-state index in [9.17, 15) is 14.3 Å². The largest absolute Gasteiger partial charge is 0.512 e. The molecule has 1 aromatic rings. The summed E-state index contributed by atoms with van der Waals surface area (Å²) in [7, 11) is 0. The topological polar surface area (TPSA) is 46.5 Å². The van der Waals surface area contributed by atoms with E-state index in [2.05, 4.69) is 0 Å². The fourth-order valence-corrected chi connectivity index (χ4v) is 2.78. The predicted octanol–water partition coefficient (Wildman–Crippen LogP) is 3.85. The van der Waals surface area contributed by atoms with Gasteiger partial charge in [-0.15, -0.1) is 0 Å². The van der Waals surface area contributed by atoms with Gasteiger partial charge in [0.15, 0.2) is 0 Å². The first-order valence-corrected chi connectivity index (χ1v) is 7.20. The number of hydrogen-bond donors (Lipinski definition) is 1. The summed E-state index contributed by atoms with van der Waals surface area (Å²) in [6.07, 6.45) is 2.58. The molecule has 0 aromatic heterocycles. The van der Waals surface area contributed by atoms with Crippen LogP contribution in [0.1, 0.15) is 37.8 Å². The maximum absolute atomic E-state index is 13.6. The molecule has 0 fully saturated rings. The Kier molecular flexibility index (Phi) is 4.35. The Balaban J connectivity index is 2.20. The number of benzene rings is 1. The van der Waals surface area contributed by atoms with Crippen LogP contribution in [0, 0.1) is 18.7 Å². The minimum absolute atomic E-state index is 0.0518. The first-order valence-electron chi connectivity index (χ1n) is 7.20. The Morgan fingerprint density at radius 2 is 2.14 bits per heavy atom. The number of aliphatic hydroxyl groups excluding tert-OH is 1. The molecule has 1 aliphatic heterocycles. The van der Waals surface area contributed by atoms with Gasteiger partial charge in [-0.2, -0.15) is 0 Å². The van der Waals surface area contributed by atoms with Crippen molar-refractivity contribution >= 4 is 5.97 Å². The van der Waals surface area contributed by atoms with Gasteiger partial charge in [-0.3, -0.25) is 0 Å². The number of aliphatic hydroxyl groups is 1. The van der Waals surface area contributed by atoms with Crippen LogP contribution in [0.4, 0.5) is 4.39 Å². The Morgan fingerprint density at radius 1 is 1.43 bits per heavy atom. The molecular formula is C17H21FO3. The number of carbonyl (C=O) groups is 1. The molecule has 0 aliphatic carbocycles. The maximum Gasteiger partial charge on any atom is 0.334 e. The van der Waals surface area contributed by atoms with Crippen molar-refractivity contribution in [2.75, 3.05) is 0 Å². The standard InChI is InChI=1S/C17H21FO3/c1-11(2)17(10-14(19)9-16(20)21-17)8-7-13-5-4-6-15(18)12(13)3/h4-6,9,11,19H,7-8,10H2,1-3H3/t17-/m0/s1. The van der Waals surface area contributed by atoms with Crippen LogP contribution in [0.2, 0.25) is 0 Å². The molecule has 4 heteroatoms. The number of rotatable bonds is 4. The first-order chi connectivity index (χ1) is 9.84. The molecule has 0 spiro atoms. The molecule has 0 bridgehead atoms. The second kappa shape index (κ2) is 5.88. The summed E-state index contributed by atoms with van der Waals surface area (Å²) in [6, 6.07) is 5.00. The molecule has 0 saturated carbocycles. The van der Waals surface area contributed by atoms with Crippen LogP contribution in [-0.2, 0) is 16.0 Å². The van der Waals surface area contributed by atoms with Crippen LogP contribution in [0.5, 0.6) is 0 Å². The van der Waals surface area contributed by atoms with Crippen LogP contribution in [0.3, 0.4) is 0 Å². The van der Waals surface area contributed by atoms with Gasteiger partial charge in [0.05, 0.1) is 6.08 Å². The average molecular weight is 292 g/mol. The van der Waals surface area contributed by atoms with Crippen molar-refractivity contribution in [1.82, 2.24) is 0 Å². The number of halogens is 1. The van der Waals surface area contributed by atoms with Crippen molar-refractivity contribution in [2.45, 2.75) is 45.6 Å². The van der Waals surface area contributed by atoms with E-state index in [0.717, 1.165) is 11.6 Å².